The highest BCUT2D eigenvalue weighted by Gasteiger charge is 2.01. The van der Waals surface area contributed by atoms with Crippen molar-refractivity contribution in [2.75, 3.05) is 6.61 Å². The van der Waals surface area contributed by atoms with Crippen molar-refractivity contribution in [3.63, 3.8) is 0 Å². The van der Waals surface area contributed by atoms with E-state index in [4.69, 9.17) is 10.5 Å². The number of benzene rings is 1. The first kappa shape index (κ1) is 10.2. The maximum absolute atomic E-state index is 10.8. The summed E-state index contributed by atoms with van der Waals surface area (Å²) in [5.41, 5.74) is 5.48. The molecule has 4 heteroatoms. The number of carbonyl (C=O) groups is 2. The van der Waals surface area contributed by atoms with E-state index in [2.05, 4.69) is 0 Å². The van der Waals surface area contributed by atoms with E-state index in [0.717, 1.165) is 6.29 Å². The van der Waals surface area contributed by atoms with Crippen LogP contribution in [0.1, 0.15) is 16.8 Å². The lowest BCUT2D eigenvalue weighted by Gasteiger charge is -2.04. The zero-order valence-corrected chi connectivity index (χ0v) is 7.60. The Balaban J connectivity index is 2.63. The normalized spacial score (nSPS) is 9.43. The SMILES string of the molecule is NC(=O)c1cccc(OCCC=O)c1. The molecule has 0 saturated carbocycles. The van der Waals surface area contributed by atoms with Gasteiger partial charge >= 0.3 is 0 Å². The molecule has 1 amide bonds. The fraction of sp³-hybridized carbons (Fsp3) is 0.200. The second kappa shape index (κ2) is 5.01. The van der Waals surface area contributed by atoms with Crippen LogP contribution in [0.4, 0.5) is 0 Å². The van der Waals surface area contributed by atoms with Crippen LogP contribution in [-0.4, -0.2) is 18.8 Å². The summed E-state index contributed by atoms with van der Waals surface area (Å²) in [7, 11) is 0. The van der Waals surface area contributed by atoms with E-state index in [1.807, 2.05) is 0 Å². The zero-order valence-electron chi connectivity index (χ0n) is 7.60. The van der Waals surface area contributed by atoms with Crippen molar-refractivity contribution in [1.29, 1.82) is 0 Å². The predicted molar refractivity (Wildman–Crippen MR) is 51.1 cm³/mol. The molecule has 1 aromatic rings. The fourth-order valence-electron chi connectivity index (χ4n) is 0.964. The van der Waals surface area contributed by atoms with Crippen LogP contribution in [0.2, 0.25) is 0 Å². The van der Waals surface area contributed by atoms with E-state index in [-0.39, 0.29) is 0 Å². The standard InChI is InChI=1S/C10H11NO3/c11-10(13)8-3-1-4-9(7-8)14-6-2-5-12/h1,3-5,7H,2,6H2,(H2,11,13). The average Bonchev–Trinajstić information content (AvgIpc) is 2.19. The van der Waals surface area contributed by atoms with Crippen molar-refractivity contribution in [2.24, 2.45) is 5.73 Å². The number of rotatable bonds is 5. The van der Waals surface area contributed by atoms with Gasteiger partial charge in [-0.25, -0.2) is 0 Å². The molecule has 4 nitrogen and oxygen atoms in total. The molecular weight excluding hydrogens is 182 g/mol. The Labute approximate surface area is 81.7 Å². The second-order valence-electron chi connectivity index (χ2n) is 2.70. The van der Waals surface area contributed by atoms with Crippen LogP contribution in [0.15, 0.2) is 24.3 Å². The van der Waals surface area contributed by atoms with Gasteiger partial charge in [0.15, 0.2) is 0 Å². The van der Waals surface area contributed by atoms with Crippen LogP contribution in [0.5, 0.6) is 5.75 Å². The molecule has 0 aliphatic rings. The molecule has 74 valence electrons. The van der Waals surface area contributed by atoms with Crippen molar-refractivity contribution < 1.29 is 14.3 Å². The van der Waals surface area contributed by atoms with Crippen molar-refractivity contribution in [3.8, 4) is 5.75 Å². The highest BCUT2D eigenvalue weighted by atomic mass is 16.5. The minimum atomic E-state index is -0.495. The van der Waals surface area contributed by atoms with Gasteiger partial charge in [0.25, 0.3) is 0 Å². The fourth-order valence-corrected chi connectivity index (χ4v) is 0.964. The summed E-state index contributed by atoms with van der Waals surface area (Å²) in [6, 6.07) is 6.54. The first-order valence-electron chi connectivity index (χ1n) is 4.20. The van der Waals surface area contributed by atoms with E-state index in [1.54, 1.807) is 24.3 Å². The number of carbonyl (C=O) groups excluding carboxylic acids is 2. The number of nitrogens with two attached hydrogens (primary N) is 1. The van der Waals surface area contributed by atoms with Gasteiger partial charge in [-0.05, 0) is 18.2 Å². The maximum Gasteiger partial charge on any atom is 0.248 e. The Hall–Kier alpha value is -1.84. The molecule has 0 aromatic heterocycles. The summed E-state index contributed by atoms with van der Waals surface area (Å²) in [6.07, 6.45) is 1.11. The van der Waals surface area contributed by atoms with Crippen molar-refractivity contribution in [3.05, 3.63) is 29.8 Å². The predicted octanol–water partition coefficient (Wildman–Crippen LogP) is 0.753. The first-order valence-corrected chi connectivity index (χ1v) is 4.20. The van der Waals surface area contributed by atoms with Gasteiger partial charge in [0.05, 0.1) is 6.61 Å². The molecule has 0 aliphatic heterocycles. The van der Waals surface area contributed by atoms with Gasteiger partial charge in [-0.2, -0.15) is 0 Å². The van der Waals surface area contributed by atoms with Gasteiger partial charge in [0.1, 0.15) is 12.0 Å². The lowest BCUT2D eigenvalue weighted by atomic mass is 10.2. The minimum Gasteiger partial charge on any atom is -0.493 e. The Morgan fingerprint density at radius 3 is 2.93 bits per heavy atom. The lowest BCUT2D eigenvalue weighted by molar-refractivity contribution is -0.108. The highest BCUT2D eigenvalue weighted by Crippen LogP contribution is 2.12. The molecule has 1 aromatic carbocycles. The van der Waals surface area contributed by atoms with E-state index < -0.39 is 5.91 Å². The van der Waals surface area contributed by atoms with Crippen LogP contribution in [0.25, 0.3) is 0 Å². The molecule has 0 atom stereocenters. The number of ether oxygens (including phenoxy) is 1. The van der Waals surface area contributed by atoms with E-state index in [0.29, 0.717) is 24.3 Å². The molecule has 0 saturated heterocycles. The summed E-state index contributed by atoms with van der Waals surface area (Å²) in [5.74, 6) is 0.0500. The van der Waals surface area contributed by atoms with Gasteiger partial charge in [-0.3, -0.25) is 4.79 Å². The Bertz CT molecular complexity index is 336. The van der Waals surface area contributed by atoms with E-state index in [1.165, 1.54) is 0 Å². The third-order valence-corrected chi connectivity index (χ3v) is 1.62. The molecule has 0 radical (unpaired) electrons. The summed E-state index contributed by atoms with van der Waals surface area (Å²) in [5, 5.41) is 0. The Kier molecular flexibility index (Phi) is 3.67. The van der Waals surface area contributed by atoms with Gasteiger partial charge in [0, 0.05) is 12.0 Å². The van der Waals surface area contributed by atoms with Crippen molar-refractivity contribution >= 4 is 12.2 Å². The van der Waals surface area contributed by atoms with Gasteiger partial charge in [-0.15, -0.1) is 0 Å². The van der Waals surface area contributed by atoms with Crippen LogP contribution in [0, 0.1) is 0 Å². The molecule has 0 unspecified atom stereocenters. The lowest BCUT2D eigenvalue weighted by Crippen LogP contribution is -2.10. The summed E-state index contributed by atoms with van der Waals surface area (Å²) in [6.45, 7) is 0.311. The maximum atomic E-state index is 10.8. The molecule has 2 N–H and O–H groups in total. The Morgan fingerprint density at radius 1 is 1.50 bits per heavy atom. The molecule has 14 heavy (non-hydrogen) atoms. The molecule has 0 fully saturated rings. The van der Waals surface area contributed by atoms with Crippen LogP contribution in [-0.2, 0) is 4.79 Å². The molecule has 0 bridgehead atoms. The number of hydrogen-bond acceptors (Lipinski definition) is 3. The first-order chi connectivity index (χ1) is 6.74. The summed E-state index contributed by atoms with van der Waals surface area (Å²) < 4.78 is 5.20. The second-order valence-corrected chi connectivity index (χ2v) is 2.70. The monoisotopic (exact) mass is 193 g/mol. The number of amides is 1. The van der Waals surface area contributed by atoms with Crippen LogP contribution in [0.3, 0.4) is 0 Å². The van der Waals surface area contributed by atoms with Gasteiger partial charge < -0.3 is 15.3 Å². The molecule has 1 rings (SSSR count). The van der Waals surface area contributed by atoms with Crippen LogP contribution < -0.4 is 10.5 Å². The number of primary amides is 1. The Morgan fingerprint density at radius 2 is 2.29 bits per heavy atom. The quantitative estimate of drug-likeness (QED) is 0.554. The molecule has 0 aliphatic carbocycles. The highest BCUT2D eigenvalue weighted by molar-refractivity contribution is 5.93. The minimum absolute atomic E-state index is 0.311. The average molecular weight is 193 g/mol. The largest absolute Gasteiger partial charge is 0.493 e. The van der Waals surface area contributed by atoms with E-state index in [9.17, 15) is 9.59 Å². The molecule has 0 heterocycles. The zero-order chi connectivity index (χ0) is 10.4. The third-order valence-electron chi connectivity index (χ3n) is 1.62. The van der Waals surface area contributed by atoms with Crippen molar-refractivity contribution in [2.45, 2.75) is 6.42 Å². The smallest absolute Gasteiger partial charge is 0.248 e. The third kappa shape index (κ3) is 2.90. The van der Waals surface area contributed by atoms with Crippen LogP contribution >= 0.6 is 0 Å². The van der Waals surface area contributed by atoms with Gasteiger partial charge in [-0.1, -0.05) is 6.07 Å². The molecular formula is C10H11NO3. The number of hydrogen-bond donors (Lipinski definition) is 1. The number of aldehydes is 1. The topological polar surface area (TPSA) is 69.4 Å². The van der Waals surface area contributed by atoms with Gasteiger partial charge in [0.2, 0.25) is 5.91 Å². The molecule has 0 spiro atoms. The summed E-state index contributed by atoms with van der Waals surface area (Å²) >= 11 is 0. The van der Waals surface area contributed by atoms with Crippen molar-refractivity contribution in [1.82, 2.24) is 0 Å². The summed E-state index contributed by atoms with van der Waals surface area (Å²) in [4.78, 5) is 20.8. The van der Waals surface area contributed by atoms with E-state index >= 15 is 0 Å².